The van der Waals surface area contributed by atoms with Crippen molar-refractivity contribution in [1.29, 1.82) is 0 Å². The van der Waals surface area contributed by atoms with Gasteiger partial charge in [-0.1, -0.05) is 23.7 Å². The van der Waals surface area contributed by atoms with Crippen LogP contribution in [0.3, 0.4) is 0 Å². The van der Waals surface area contributed by atoms with Crippen molar-refractivity contribution in [3.8, 4) is 11.1 Å². The van der Waals surface area contributed by atoms with E-state index in [1.807, 2.05) is 72.7 Å². The first kappa shape index (κ1) is 25.2. The predicted octanol–water partition coefficient (Wildman–Crippen LogP) is 8.13. The van der Waals surface area contributed by atoms with E-state index in [0.29, 0.717) is 5.02 Å². The number of halogens is 2. The van der Waals surface area contributed by atoms with Gasteiger partial charge in [-0.15, -0.1) is 11.3 Å². The van der Waals surface area contributed by atoms with Crippen LogP contribution in [-0.4, -0.2) is 23.2 Å². The lowest BCUT2D eigenvalue weighted by atomic mass is 9.91. The largest absolute Gasteiger partial charge is 0.462 e. The Labute approximate surface area is 207 Å². The highest BCUT2D eigenvalue weighted by Crippen LogP contribution is 2.43. The summed E-state index contributed by atoms with van der Waals surface area (Å²) in [5.74, 6) is -0.257. The van der Waals surface area contributed by atoms with Gasteiger partial charge in [0.25, 0.3) is 0 Å². The molecule has 1 aromatic heterocycles. The minimum Gasteiger partial charge on any atom is -0.462 e. The molecular weight excluding hydrogens is 510 g/mol. The summed E-state index contributed by atoms with van der Waals surface area (Å²) in [7, 11) is 0. The average molecular weight is 539 g/mol. The molecule has 1 heterocycles. The van der Waals surface area contributed by atoms with E-state index in [9.17, 15) is 4.79 Å². The lowest BCUT2D eigenvalue weighted by Crippen LogP contribution is -2.30. The van der Waals surface area contributed by atoms with Gasteiger partial charge in [0.1, 0.15) is 12.7 Å². The highest BCUT2D eigenvalue weighted by atomic mass is 79.9. The normalized spacial score (nSPS) is 13.4. The molecule has 0 N–H and O–H groups in total. The van der Waals surface area contributed by atoms with E-state index in [0.717, 1.165) is 36.4 Å². The number of ether oxygens (including phenoxy) is 2. The zero-order valence-corrected chi connectivity index (χ0v) is 22.7. The second-order valence-corrected chi connectivity index (χ2v) is 12.6. The van der Waals surface area contributed by atoms with E-state index in [1.165, 1.54) is 0 Å². The average Bonchev–Trinajstić information content (AvgIpc) is 3.02. The fraction of sp³-hybridized carbons (Fsp3) is 0.440. The van der Waals surface area contributed by atoms with E-state index in [2.05, 4.69) is 27.0 Å². The van der Waals surface area contributed by atoms with E-state index in [-0.39, 0.29) is 12.6 Å². The highest BCUT2D eigenvalue weighted by Gasteiger charge is 2.30. The van der Waals surface area contributed by atoms with Gasteiger partial charge in [0.2, 0.25) is 0 Å². The van der Waals surface area contributed by atoms with Crippen LogP contribution in [0, 0.1) is 12.3 Å². The minimum atomic E-state index is -0.590. The summed E-state index contributed by atoms with van der Waals surface area (Å²) in [6, 6.07) is 9.83. The summed E-state index contributed by atoms with van der Waals surface area (Å²) in [5, 5.41) is 0.672. The highest BCUT2D eigenvalue weighted by molar-refractivity contribution is 9.11. The van der Waals surface area contributed by atoms with Crippen molar-refractivity contribution >= 4 is 55.1 Å². The predicted molar refractivity (Wildman–Crippen MR) is 136 cm³/mol. The third-order valence-electron chi connectivity index (χ3n) is 4.83. The summed E-state index contributed by atoms with van der Waals surface area (Å²) in [6.45, 7) is 13.7. The lowest BCUT2D eigenvalue weighted by molar-refractivity contribution is -0.162. The number of carbonyl (C=O) groups is 1. The molecule has 3 rings (SSSR count). The molecule has 4 nitrogen and oxygen atoms in total. The Kier molecular flexibility index (Phi) is 7.40. The third-order valence-corrected chi connectivity index (χ3v) is 6.62. The molecule has 0 spiro atoms. The van der Waals surface area contributed by atoms with Gasteiger partial charge < -0.3 is 9.47 Å². The first-order valence-electron chi connectivity index (χ1n) is 10.5. The summed E-state index contributed by atoms with van der Waals surface area (Å²) in [4.78, 5) is 17.2. The van der Waals surface area contributed by atoms with E-state index in [1.54, 1.807) is 11.3 Å². The molecule has 0 aliphatic carbocycles. The van der Waals surface area contributed by atoms with E-state index >= 15 is 0 Å². The van der Waals surface area contributed by atoms with Gasteiger partial charge in [-0.2, -0.15) is 0 Å². The van der Waals surface area contributed by atoms with Crippen LogP contribution < -0.4 is 0 Å². The Hall–Kier alpha value is -1.47. The van der Waals surface area contributed by atoms with Crippen LogP contribution in [0.25, 0.3) is 21.3 Å². The Balaban J connectivity index is 2.21. The van der Waals surface area contributed by atoms with Crippen LogP contribution in [-0.2, 0) is 14.3 Å². The number of aromatic nitrogens is 1. The van der Waals surface area contributed by atoms with Crippen LogP contribution in [0.1, 0.15) is 58.8 Å². The summed E-state index contributed by atoms with van der Waals surface area (Å²) < 4.78 is 14.1. The Morgan fingerprint density at radius 1 is 1.16 bits per heavy atom. The number of hydrogen-bond acceptors (Lipinski definition) is 5. The zero-order chi connectivity index (χ0) is 23.8. The molecular formula is C25H29BrClNO3S. The van der Waals surface area contributed by atoms with Crippen molar-refractivity contribution in [2.24, 2.45) is 5.41 Å². The second kappa shape index (κ2) is 9.41. The number of aryl methyl sites for hydroxylation is 1. The molecule has 0 saturated carbocycles. The van der Waals surface area contributed by atoms with Crippen molar-refractivity contribution < 1.29 is 14.3 Å². The second-order valence-electron chi connectivity index (χ2n) is 9.87. The number of carbonyl (C=O) groups excluding carboxylic acids is 1. The Bertz CT molecular complexity index is 1130. The number of esters is 1. The molecule has 0 aliphatic heterocycles. The van der Waals surface area contributed by atoms with Crippen LogP contribution in [0.4, 0.5) is 0 Å². The fourth-order valence-electron chi connectivity index (χ4n) is 3.47. The minimum absolute atomic E-state index is 0.125. The maximum Gasteiger partial charge on any atom is 0.311 e. The molecule has 7 heteroatoms. The quantitative estimate of drug-likeness (QED) is 0.308. The molecule has 2 aromatic carbocycles. The first-order chi connectivity index (χ1) is 14.8. The zero-order valence-electron chi connectivity index (χ0n) is 19.5. The molecule has 0 radical (unpaired) electrons. The molecule has 172 valence electrons. The van der Waals surface area contributed by atoms with Crippen LogP contribution in [0.15, 0.2) is 34.2 Å². The maximum absolute atomic E-state index is 12.6. The van der Waals surface area contributed by atoms with Gasteiger partial charge in [-0.3, -0.25) is 4.79 Å². The van der Waals surface area contributed by atoms with Gasteiger partial charge >= 0.3 is 5.97 Å². The lowest BCUT2D eigenvalue weighted by Gasteiger charge is -2.31. The number of fused-ring (bicyclic) bond motifs is 1. The van der Waals surface area contributed by atoms with Crippen LogP contribution >= 0.6 is 38.9 Å². The van der Waals surface area contributed by atoms with Crippen molar-refractivity contribution in [3.63, 3.8) is 0 Å². The molecule has 32 heavy (non-hydrogen) atoms. The molecule has 0 fully saturated rings. The summed E-state index contributed by atoms with van der Waals surface area (Å²) in [5.41, 5.74) is 3.95. The van der Waals surface area contributed by atoms with Crippen LogP contribution in [0.2, 0.25) is 5.02 Å². The molecule has 3 aromatic rings. The molecule has 0 unspecified atom stereocenters. The molecule has 0 amide bonds. The molecule has 0 bridgehead atoms. The molecule has 0 aliphatic rings. The van der Waals surface area contributed by atoms with Crippen molar-refractivity contribution in [3.05, 3.63) is 50.4 Å². The maximum atomic E-state index is 12.6. The number of hydrogen-bond donors (Lipinski definition) is 0. The van der Waals surface area contributed by atoms with Crippen molar-refractivity contribution in [2.75, 3.05) is 6.61 Å². The fourth-order valence-corrected chi connectivity index (χ4v) is 5.13. The number of thiazole rings is 1. The smallest absolute Gasteiger partial charge is 0.311 e. The van der Waals surface area contributed by atoms with E-state index < -0.39 is 17.1 Å². The van der Waals surface area contributed by atoms with E-state index in [4.69, 9.17) is 21.1 Å². The number of benzene rings is 2. The Morgan fingerprint density at radius 3 is 2.34 bits per heavy atom. The molecule has 0 saturated heterocycles. The van der Waals surface area contributed by atoms with Gasteiger partial charge in [0.15, 0.2) is 3.92 Å². The topological polar surface area (TPSA) is 48.4 Å². The van der Waals surface area contributed by atoms with Crippen molar-refractivity contribution in [1.82, 2.24) is 4.98 Å². The van der Waals surface area contributed by atoms with Gasteiger partial charge in [-0.25, -0.2) is 4.98 Å². The summed E-state index contributed by atoms with van der Waals surface area (Å²) >= 11 is 11.3. The van der Waals surface area contributed by atoms with Gasteiger partial charge in [0.05, 0.1) is 21.2 Å². The first-order valence-corrected chi connectivity index (χ1v) is 12.5. The standard InChI is InChI=1S/C25H29BrClNO3S/c1-14-12-17-21(32-23(26)28-17)20(15-8-10-16(27)11-9-15)19(14)18(31-25(5,6)7)13-30-22(29)24(2,3)4/h8-12,18H,13H2,1-7H3/t18-/m0/s1. The SMILES string of the molecule is Cc1cc2nc(Br)sc2c(-c2ccc(Cl)cc2)c1[C@H](COC(=O)C(C)(C)C)OC(C)(C)C. The molecule has 1 atom stereocenters. The van der Waals surface area contributed by atoms with Gasteiger partial charge in [0, 0.05) is 10.6 Å². The number of rotatable bonds is 5. The monoisotopic (exact) mass is 537 g/mol. The van der Waals surface area contributed by atoms with Crippen molar-refractivity contribution in [2.45, 2.75) is 60.2 Å². The Morgan fingerprint density at radius 2 is 1.78 bits per heavy atom. The van der Waals surface area contributed by atoms with Gasteiger partial charge in [-0.05, 0) is 99.3 Å². The number of nitrogens with zero attached hydrogens (tertiary/aromatic N) is 1. The van der Waals surface area contributed by atoms with Crippen LogP contribution in [0.5, 0.6) is 0 Å². The third kappa shape index (κ3) is 5.90. The summed E-state index contributed by atoms with van der Waals surface area (Å²) in [6.07, 6.45) is -0.447.